The zero-order valence-corrected chi connectivity index (χ0v) is 21.2. The van der Waals surface area contributed by atoms with E-state index in [1.54, 1.807) is 7.11 Å². The number of nitrogens with zero attached hydrogens (tertiary/aromatic N) is 3. The average Bonchev–Trinajstić information content (AvgIpc) is 3.03. The monoisotopic (exact) mass is 473 g/mol. The summed E-state index contributed by atoms with van der Waals surface area (Å²) in [5.74, 6) is 1.01. The summed E-state index contributed by atoms with van der Waals surface area (Å²) in [6.07, 6.45) is 1.96. The van der Waals surface area contributed by atoms with Crippen LogP contribution in [-0.2, 0) is 11.2 Å². The molecule has 1 aliphatic heterocycles. The van der Waals surface area contributed by atoms with E-state index in [1.165, 1.54) is 5.56 Å². The molecule has 0 aliphatic carbocycles. The van der Waals surface area contributed by atoms with Crippen LogP contribution in [0, 0.1) is 20.8 Å². The minimum Gasteiger partial charge on any atom is -0.497 e. The van der Waals surface area contributed by atoms with Gasteiger partial charge in [0.15, 0.2) is 0 Å². The molecule has 0 atom stereocenters. The van der Waals surface area contributed by atoms with Gasteiger partial charge >= 0.3 is 0 Å². The van der Waals surface area contributed by atoms with E-state index in [-0.39, 0.29) is 11.8 Å². The lowest BCUT2D eigenvalue weighted by Gasteiger charge is -2.22. The van der Waals surface area contributed by atoms with Gasteiger partial charge in [0.1, 0.15) is 5.75 Å². The van der Waals surface area contributed by atoms with Gasteiger partial charge in [0.05, 0.1) is 12.7 Å². The number of ether oxygens (including phenoxy) is 1. The largest absolute Gasteiger partial charge is 0.497 e. The topological polar surface area (TPSA) is 54.8 Å². The van der Waals surface area contributed by atoms with Crippen LogP contribution in [0.25, 0.3) is 5.69 Å². The van der Waals surface area contributed by atoms with Crippen molar-refractivity contribution in [3.8, 4) is 11.4 Å². The van der Waals surface area contributed by atoms with Crippen LogP contribution in [0.15, 0.2) is 54.6 Å². The number of aromatic nitrogens is 1. The summed E-state index contributed by atoms with van der Waals surface area (Å²) in [6.45, 7) is 8.62. The molecule has 0 bridgehead atoms. The summed E-state index contributed by atoms with van der Waals surface area (Å²) in [7, 11) is 1.65. The van der Waals surface area contributed by atoms with Gasteiger partial charge in [0.25, 0.3) is 5.91 Å². The van der Waals surface area contributed by atoms with E-state index in [2.05, 4.69) is 23.6 Å². The number of carbonyl (C=O) groups is 2. The molecule has 35 heavy (non-hydrogen) atoms. The van der Waals surface area contributed by atoms with Crippen LogP contribution in [0.1, 0.15) is 45.7 Å². The fourth-order valence-electron chi connectivity index (χ4n) is 4.91. The highest BCUT2D eigenvalue weighted by Crippen LogP contribution is 2.24. The Labute approximate surface area is 208 Å². The van der Waals surface area contributed by atoms with Crippen molar-refractivity contribution in [3.05, 3.63) is 82.7 Å². The number of amides is 2. The molecule has 6 nitrogen and oxygen atoms in total. The lowest BCUT2D eigenvalue weighted by molar-refractivity contribution is -0.131. The Hall–Kier alpha value is -3.54. The summed E-state index contributed by atoms with van der Waals surface area (Å²) in [4.78, 5) is 30.2. The number of para-hydroxylation sites is 1. The molecule has 0 N–H and O–H groups in total. The van der Waals surface area contributed by atoms with Crippen molar-refractivity contribution in [2.24, 2.45) is 0 Å². The van der Waals surface area contributed by atoms with Crippen molar-refractivity contribution in [1.29, 1.82) is 0 Å². The molecule has 0 saturated carbocycles. The minimum atomic E-state index is 0.0467. The highest BCUT2D eigenvalue weighted by molar-refractivity contribution is 5.96. The maximum atomic E-state index is 13.5. The first-order chi connectivity index (χ1) is 16.9. The van der Waals surface area contributed by atoms with Crippen LogP contribution in [0.3, 0.4) is 0 Å². The van der Waals surface area contributed by atoms with Crippen LogP contribution < -0.4 is 4.74 Å². The molecule has 4 rings (SSSR count). The molecule has 3 aromatic rings. The molecular weight excluding hydrogens is 438 g/mol. The molecular formula is C29H35N3O3. The van der Waals surface area contributed by atoms with Crippen LogP contribution >= 0.6 is 0 Å². The molecule has 2 aromatic carbocycles. The van der Waals surface area contributed by atoms with Gasteiger partial charge in [-0.25, -0.2) is 0 Å². The van der Waals surface area contributed by atoms with Gasteiger partial charge in [-0.05, 0) is 69.0 Å². The summed E-state index contributed by atoms with van der Waals surface area (Å²) in [5.41, 5.74) is 6.14. The maximum absolute atomic E-state index is 13.5. The van der Waals surface area contributed by atoms with E-state index in [0.29, 0.717) is 39.0 Å². The summed E-state index contributed by atoms with van der Waals surface area (Å²) in [6, 6.07) is 18.1. The molecule has 1 fully saturated rings. The molecule has 2 heterocycles. The first-order valence-electron chi connectivity index (χ1n) is 12.3. The fourth-order valence-corrected chi connectivity index (χ4v) is 4.91. The standard InChI is InChI=1S/C29H35N3O3/c1-21-8-5-6-9-27(21)32-22(2)20-26(23(32)3)29(34)31-17-7-16-30(18-19-31)28(33)15-12-24-10-13-25(35-4)14-11-24/h5-6,8-11,13-14,20H,7,12,15-19H2,1-4H3. The zero-order valence-electron chi connectivity index (χ0n) is 21.2. The van der Waals surface area contributed by atoms with Crippen molar-refractivity contribution < 1.29 is 14.3 Å². The van der Waals surface area contributed by atoms with Gasteiger partial charge in [0.2, 0.25) is 5.91 Å². The molecule has 1 aromatic heterocycles. The lowest BCUT2D eigenvalue weighted by Crippen LogP contribution is -2.37. The second-order valence-corrected chi connectivity index (χ2v) is 9.28. The normalized spacial score (nSPS) is 14.1. The number of rotatable bonds is 6. The summed E-state index contributed by atoms with van der Waals surface area (Å²) in [5, 5.41) is 0. The Morgan fingerprint density at radius 2 is 1.57 bits per heavy atom. The second-order valence-electron chi connectivity index (χ2n) is 9.28. The summed E-state index contributed by atoms with van der Waals surface area (Å²) >= 11 is 0. The van der Waals surface area contributed by atoms with Crippen LogP contribution in [0.5, 0.6) is 5.75 Å². The number of hydrogen-bond donors (Lipinski definition) is 0. The van der Waals surface area contributed by atoms with Gasteiger partial charge in [0, 0.05) is 49.7 Å². The van der Waals surface area contributed by atoms with Crippen LogP contribution in [0.2, 0.25) is 0 Å². The van der Waals surface area contributed by atoms with Gasteiger partial charge < -0.3 is 19.1 Å². The first kappa shape index (κ1) is 24.6. The third kappa shape index (κ3) is 5.42. The molecule has 6 heteroatoms. The average molecular weight is 474 g/mol. The van der Waals surface area contributed by atoms with Crippen molar-refractivity contribution in [2.45, 2.75) is 40.0 Å². The summed E-state index contributed by atoms with van der Waals surface area (Å²) < 4.78 is 7.36. The lowest BCUT2D eigenvalue weighted by atomic mass is 10.1. The Morgan fingerprint density at radius 3 is 2.29 bits per heavy atom. The molecule has 0 unspecified atom stereocenters. The predicted octanol–water partition coefficient (Wildman–Crippen LogP) is 4.72. The van der Waals surface area contributed by atoms with Crippen molar-refractivity contribution in [2.75, 3.05) is 33.3 Å². The van der Waals surface area contributed by atoms with E-state index in [0.717, 1.165) is 40.4 Å². The predicted molar refractivity (Wildman–Crippen MR) is 138 cm³/mol. The van der Waals surface area contributed by atoms with E-state index in [4.69, 9.17) is 4.74 Å². The SMILES string of the molecule is COc1ccc(CCC(=O)N2CCCN(C(=O)c3cc(C)n(-c4ccccc4C)c3C)CC2)cc1. The highest BCUT2D eigenvalue weighted by Gasteiger charge is 2.26. The van der Waals surface area contributed by atoms with Crippen molar-refractivity contribution >= 4 is 11.8 Å². The quantitative estimate of drug-likeness (QED) is 0.521. The molecule has 184 valence electrons. The van der Waals surface area contributed by atoms with Crippen LogP contribution in [-0.4, -0.2) is 59.5 Å². The number of carbonyl (C=O) groups excluding carboxylic acids is 2. The Morgan fingerprint density at radius 1 is 0.886 bits per heavy atom. The van der Waals surface area contributed by atoms with Crippen molar-refractivity contribution in [1.82, 2.24) is 14.4 Å². The highest BCUT2D eigenvalue weighted by atomic mass is 16.5. The first-order valence-corrected chi connectivity index (χ1v) is 12.3. The van der Waals surface area contributed by atoms with E-state index < -0.39 is 0 Å². The van der Waals surface area contributed by atoms with Crippen molar-refractivity contribution in [3.63, 3.8) is 0 Å². The Kier molecular flexibility index (Phi) is 7.59. The molecule has 1 saturated heterocycles. The molecule has 1 aliphatic rings. The molecule has 0 radical (unpaired) electrons. The van der Waals surface area contributed by atoms with Gasteiger partial charge in [-0.3, -0.25) is 9.59 Å². The van der Waals surface area contributed by atoms with E-state index in [9.17, 15) is 9.59 Å². The number of hydrogen-bond acceptors (Lipinski definition) is 3. The Bertz CT molecular complexity index is 1200. The third-order valence-corrected chi connectivity index (χ3v) is 6.94. The van der Waals surface area contributed by atoms with Gasteiger partial charge in [-0.1, -0.05) is 30.3 Å². The zero-order chi connectivity index (χ0) is 24.9. The second kappa shape index (κ2) is 10.8. The van der Waals surface area contributed by atoms with Crippen LogP contribution in [0.4, 0.5) is 0 Å². The smallest absolute Gasteiger partial charge is 0.255 e. The molecule has 0 spiro atoms. The van der Waals surface area contributed by atoms with E-state index in [1.807, 2.05) is 66.1 Å². The number of aryl methyl sites for hydroxylation is 3. The van der Waals surface area contributed by atoms with Gasteiger partial charge in [-0.15, -0.1) is 0 Å². The third-order valence-electron chi connectivity index (χ3n) is 6.94. The fraction of sp³-hybridized carbons (Fsp3) is 0.379. The molecule has 2 amide bonds. The minimum absolute atomic E-state index is 0.0467. The number of methoxy groups -OCH3 is 1. The maximum Gasteiger partial charge on any atom is 0.255 e. The van der Waals surface area contributed by atoms with Gasteiger partial charge in [-0.2, -0.15) is 0 Å². The Balaban J connectivity index is 1.39. The van der Waals surface area contributed by atoms with E-state index >= 15 is 0 Å². The number of benzene rings is 2.